The quantitative estimate of drug-likeness (QED) is 0.178. The van der Waals surface area contributed by atoms with Crippen molar-refractivity contribution in [3.63, 3.8) is 0 Å². The molecule has 0 spiro atoms. The molecule has 0 aliphatic heterocycles. The molecule has 0 radical (unpaired) electrons. The maximum Gasteiger partial charge on any atom is 0.324 e. The minimum atomic E-state index is -0.578. The van der Waals surface area contributed by atoms with Crippen molar-refractivity contribution in [2.45, 2.75) is 6.61 Å². The predicted octanol–water partition coefficient (Wildman–Crippen LogP) is 4.20. The van der Waals surface area contributed by atoms with E-state index < -0.39 is 12.1 Å². The van der Waals surface area contributed by atoms with Gasteiger partial charge in [-0.2, -0.15) is 0 Å². The fourth-order valence-corrected chi connectivity index (χ4v) is 3.85. The number of fused-ring (bicyclic) bond motifs is 1. The summed E-state index contributed by atoms with van der Waals surface area (Å²) >= 11 is 0. The molecule has 3 heterocycles. The number of hydrogen-bond acceptors (Lipinski definition) is 8. The summed E-state index contributed by atoms with van der Waals surface area (Å²) in [4.78, 5) is 33.1. The lowest BCUT2D eigenvalue weighted by Gasteiger charge is -2.14. The smallest absolute Gasteiger partial charge is 0.324 e. The van der Waals surface area contributed by atoms with Gasteiger partial charge in [-0.25, -0.2) is 19.3 Å². The highest BCUT2D eigenvalue weighted by Gasteiger charge is 2.15. The van der Waals surface area contributed by atoms with E-state index in [0.29, 0.717) is 45.2 Å². The van der Waals surface area contributed by atoms with Crippen LogP contribution >= 0.6 is 0 Å². The van der Waals surface area contributed by atoms with Gasteiger partial charge in [0.05, 0.1) is 18.0 Å². The number of nitrogens with zero attached hydrogens (tertiary/aromatic N) is 4. The Labute approximate surface area is 227 Å². The fourth-order valence-electron chi connectivity index (χ4n) is 3.85. The van der Waals surface area contributed by atoms with E-state index in [2.05, 4.69) is 36.3 Å². The monoisotopic (exact) mass is 540 g/mol. The number of carbonyl (C=O) groups is 2. The van der Waals surface area contributed by atoms with Crippen molar-refractivity contribution in [2.75, 3.05) is 23.0 Å². The number of rotatable bonds is 7. The minimum absolute atomic E-state index is 0.108. The first-order chi connectivity index (χ1) is 19.4. The summed E-state index contributed by atoms with van der Waals surface area (Å²) in [7, 11) is 1.50. The molecule has 5 aromatic rings. The third kappa shape index (κ3) is 5.74. The van der Waals surface area contributed by atoms with Gasteiger partial charge < -0.3 is 25.6 Å². The zero-order valence-corrected chi connectivity index (χ0v) is 21.1. The summed E-state index contributed by atoms with van der Waals surface area (Å²) in [5.41, 5.74) is 2.25. The maximum atomic E-state index is 13.0. The normalized spacial score (nSPS) is 10.7. The summed E-state index contributed by atoms with van der Waals surface area (Å²) < 4.78 is 7.40. The second-order valence-electron chi connectivity index (χ2n) is 8.40. The molecule has 0 fully saturated rings. The molecule has 13 nitrogen and oxygen atoms in total. The number of ether oxygens (including phenoxy) is 1. The zero-order valence-electron chi connectivity index (χ0n) is 21.1. The molecule has 0 unspecified atom stereocenters. The van der Waals surface area contributed by atoms with E-state index in [9.17, 15) is 19.8 Å². The number of hydrogen-bond donors (Lipinski definition) is 6. The summed E-state index contributed by atoms with van der Waals surface area (Å²) in [6, 6.07) is 17.2. The summed E-state index contributed by atoms with van der Waals surface area (Å²) in [5, 5.41) is 34.4. The number of pyridine rings is 2. The van der Waals surface area contributed by atoms with Gasteiger partial charge in [-0.05, 0) is 48.0 Å². The first kappa shape index (κ1) is 25.9. The lowest BCUT2D eigenvalue weighted by Crippen LogP contribution is -2.24. The van der Waals surface area contributed by atoms with Crippen molar-refractivity contribution in [1.29, 1.82) is 0 Å². The van der Waals surface area contributed by atoms with Crippen LogP contribution in [-0.2, 0) is 6.61 Å². The van der Waals surface area contributed by atoms with Crippen molar-refractivity contribution in [2.24, 2.45) is 0 Å². The van der Waals surface area contributed by atoms with Crippen LogP contribution in [0.2, 0.25) is 0 Å². The Balaban J connectivity index is 1.36. The number of aromatic hydroxyl groups is 1. The molecule has 5 rings (SSSR count). The molecule has 4 amide bonds. The molecule has 0 aliphatic rings. The van der Waals surface area contributed by atoms with Gasteiger partial charge in [0.15, 0.2) is 5.75 Å². The number of benzene rings is 2. The molecule has 0 atom stereocenters. The van der Waals surface area contributed by atoms with Crippen LogP contribution in [0.1, 0.15) is 5.56 Å². The van der Waals surface area contributed by atoms with Crippen LogP contribution in [0.25, 0.3) is 16.6 Å². The number of carbonyl (C=O) groups excluding carboxylic acids is 2. The molecule has 6 N–H and O–H groups in total. The van der Waals surface area contributed by atoms with Gasteiger partial charge in [-0.15, -0.1) is 5.10 Å². The number of anilines is 3. The molecule has 3 aromatic heterocycles. The van der Waals surface area contributed by atoms with E-state index in [1.165, 1.54) is 24.0 Å². The van der Waals surface area contributed by atoms with Gasteiger partial charge in [-0.1, -0.05) is 12.1 Å². The van der Waals surface area contributed by atoms with Crippen molar-refractivity contribution in [1.82, 2.24) is 25.1 Å². The van der Waals surface area contributed by atoms with E-state index in [1.54, 1.807) is 66.9 Å². The Morgan fingerprint density at radius 3 is 2.52 bits per heavy atom. The summed E-state index contributed by atoms with van der Waals surface area (Å²) in [5.74, 6) is 1.11. The molecule has 0 saturated carbocycles. The maximum absolute atomic E-state index is 13.0. The predicted molar refractivity (Wildman–Crippen MR) is 148 cm³/mol. The average molecular weight is 541 g/mol. The molecule has 202 valence electrons. The zero-order chi connectivity index (χ0) is 28.1. The molecule has 2 aromatic carbocycles. The molecular weight excluding hydrogens is 516 g/mol. The average Bonchev–Trinajstić information content (AvgIpc) is 3.33. The molecular formula is C27H24N8O5. The van der Waals surface area contributed by atoms with Crippen molar-refractivity contribution < 1.29 is 24.5 Å². The Hall–Kier alpha value is -5.69. The van der Waals surface area contributed by atoms with E-state index in [-0.39, 0.29) is 18.3 Å². The van der Waals surface area contributed by atoms with Crippen molar-refractivity contribution in [3.8, 4) is 23.1 Å². The third-order valence-electron chi connectivity index (χ3n) is 5.71. The number of aromatic nitrogens is 4. The van der Waals surface area contributed by atoms with E-state index >= 15 is 0 Å². The van der Waals surface area contributed by atoms with Crippen LogP contribution in [0.3, 0.4) is 0 Å². The van der Waals surface area contributed by atoms with Crippen LogP contribution < -0.4 is 26.0 Å². The van der Waals surface area contributed by atoms with Gasteiger partial charge in [0.25, 0.3) is 0 Å². The van der Waals surface area contributed by atoms with Gasteiger partial charge in [0, 0.05) is 37.0 Å². The Bertz CT molecular complexity index is 1690. The molecule has 0 aliphatic carbocycles. The topological polar surface area (TPSA) is 176 Å². The molecule has 0 saturated heterocycles. The van der Waals surface area contributed by atoms with Gasteiger partial charge >= 0.3 is 12.1 Å². The van der Waals surface area contributed by atoms with Crippen molar-refractivity contribution >= 4 is 40.3 Å². The van der Waals surface area contributed by atoms with E-state index in [1.807, 2.05) is 0 Å². The van der Waals surface area contributed by atoms with Gasteiger partial charge in [-0.3, -0.25) is 15.6 Å². The van der Waals surface area contributed by atoms with Crippen LogP contribution in [0.15, 0.2) is 79.1 Å². The second kappa shape index (κ2) is 11.4. The minimum Gasteiger partial charge on any atom is -0.492 e. The first-order valence-electron chi connectivity index (χ1n) is 12.0. The van der Waals surface area contributed by atoms with Crippen LogP contribution in [0.5, 0.6) is 17.4 Å². The highest BCUT2D eigenvalue weighted by Crippen LogP contribution is 2.33. The van der Waals surface area contributed by atoms with Crippen LogP contribution in [0, 0.1) is 0 Å². The van der Waals surface area contributed by atoms with Crippen molar-refractivity contribution in [3.05, 3.63) is 84.7 Å². The van der Waals surface area contributed by atoms with Crippen LogP contribution in [-0.4, -0.2) is 49.1 Å². The Kier molecular flexibility index (Phi) is 7.37. The number of urea groups is 2. The highest BCUT2D eigenvalue weighted by atomic mass is 16.5. The standard InChI is InChI=1S/C27H24N8O5/c1-28-26(38)32-22-13-18(10-12-29-22)40-21-9-8-20(19-3-2-11-30-25(19)21)31-27(39)33-23-14-24(37)34-35(23)17-6-4-16(15-36)5-7-17/h2-14,36H,15H2,1H3,(H,34,37)(H2,31,33,39)(H2,28,29,32,38). The number of nitrogens with one attached hydrogen (secondary N) is 4. The largest absolute Gasteiger partial charge is 0.492 e. The summed E-state index contributed by atoms with van der Waals surface area (Å²) in [6.45, 7) is -0.108. The Morgan fingerprint density at radius 1 is 0.925 bits per heavy atom. The van der Waals surface area contributed by atoms with Gasteiger partial charge in [0.2, 0.25) is 5.88 Å². The lowest BCUT2D eigenvalue weighted by atomic mass is 10.1. The molecule has 13 heteroatoms. The number of aliphatic hydroxyl groups is 1. The third-order valence-corrected chi connectivity index (χ3v) is 5.71. The number of aliphatic hydroxyl groups excluding tert-OH is 1. The van der Waals surface area contributed by atoms with E-state index in [4.69, 9.17) is 4.74 Å². The lowest BCUT2D eigenvalue weighted by molar-refractivity contribution is 0.254. The van der Waals surface area contributed by atoms with Crippen LogP contribution in [0.4, 0.5) is 26.9 Å². The van der Waals surface area contributed by atoms with E-state index in [0.717, 1.165) is 0 Å². The van der Waals surface area contributed by atoms with Gasteiger partial charge in [0.1, 0.15) is 22.9 Å². The Morgan fingerprint density at radius 2 is 1.75 bits per heavy atom. The molecule has 40 heavy (non-hydrogen) atoms. The highest BCUT2D eigenvalue weighted by molar-refractivity contribution is 6.06. The molecule has 0 bridgehead atoms. The summed E-state index contributed by atoms with van der Waals surface area (Å²) in [6.07, 6.45) is 3.10. The second-order valence-corrected chi connectivity index (χ2v) is 8.40. The fraction of sp³-hybridized carbons (Fsp3) is 0.0741. The SMILES string of the molecule is CNC(=O)Nc1cc(Oc2ccc(NC(=O)Nc3cc(O)nn3-c3ccc(CO)cc3)c3cccnc23)ccn1. The number of amides is 4. The first-order valence-corrected chi connectivity index (χ1v) is 12.0.